The van der Waals surface area contributed by atoms with Gasteiger partial charge in [0.15, 0.2) is 0 Å². The van der Waals surface area contributed by atoms with Gasteiger partial charge in [-0.2, -0.15) is 0 Å². The van der Waals surface area contributed by atoms with E-state index in [9.17, 15) is 10.1 Å². The largest absolute Gasteiger partial charge is 0.379 e. The molecule has 5 nitrogen and oxygen atoms in total. The van der Waals surface area contributed by atoms with E-state index in [-0.39, 0.29) is 10.6 Å². The van der Waals surface area contributed by atoms with E-state index in [1.54, 1.807) is 12.1 Å². The van der Waals surface area contributed by atoms with Crippen LogP contribution in [0.3, 0.4) is 0 Å². The third-order valence-electron chi connectivity index (χ3n) is 2.50. The van der Waals surface area contributed by atoms with Crippen LogP contribution in [0, 0.1) is 13.7 Å². The van der Waals surface area contributed by atoms with Gasteiger partial charge in [0.25, 0.3) is 5.69 Å². The van der Waals surface area contributed by atoms with Gasteiger partial charge in [0.1, 0.15) is 5.69 Å². The average Bonchev–Trinajstić information content (AvgIpc) is 2.29. The maximum Gasteiger partial charge on any atom is 0.293 e. The van der Waals surface area contributed by atoms with Gasteiger partial charge >= 0.3 is 0 Å². The molecular formula is C12H18IN3O2. The van der Waals surface area contributed by atoms with Crippen LogP contribution in [0.2, 0.25) is 0 Å². The monoisotopic (exact) mass is 363 g/mol. The maximum atomic E-state index is 10.9. The highest BCUT2D eigenvalue weighted by Crippen LogP contribution is 2.26. The minimum absolute atomic E-state index is 0.148. The van der Waals surface area contributed by atoms with Crippen molar-refractivity contribution >= 4 is 34.0 Å². The predicted molar refractivity (Wildman–Crippen MR) is 82.1 cm³/mol. The number of rotatable bonds is 7. The van der Waals surface area contributed by atoms with E-state index in [0.29, 0.717) is 5.69 Å². The molecule has 0 saturated heterocycles. The molecule has 0 aliphatic heterocycles. The molecule has 0 aromatic heterocycles. The fourth-order valence-corrected chi connectivity index (χ4v) is 2.06. The summed E-state index contributed by atoms with van der Waals surface area (Å²) in [5, 5.41) is 14.0. The molecule has 0 aliphatic rings. The van der Waals surface area contributed by atoms with Crippen LogP contribution in [0.25, 0.3) is 0 Å². The van der Waals surface area contributed by atoms with Crippen LogP contribution in [-0.4, -0.2) is 37.0 Å². The van der Waals surface area contributed by atoms with E-state index in [4.69, 9.17) is 0 Å². The number of benzene rings is 1. The van der Waals surface area contributed by atoms with E-state index in [0.717, 1.165) is 29.5 Å². The van der Waals surface area contributed by atoms with E-state index < -0.39 is 0 Å². The number of hydrogen-bond acceptors (Lipinski definition) is 4. The lowest BCUT2D eigenvalue weighted by molar-refractivity contribution is -0.384. The van der Waals surface area contributed by atoms with Crippen LogP contribution in [0.4, 0.5) is 11.4 Å². The minimum Gasteiger partial charge on any atom is -0.379 e. The Kier molecular flexibility index (Phi) is 6.34. The fourth-order valence-electron chi connectivity index (χ4n) is 1.58. The van der Waals surface area contributed by atoms with Gasteiger partial charge in [0.05, 0.1) is 4.92 Å². The fraction of sp³-hybridized carbons (Fsp3) is 0.500. The van der Waals surface area contributed by atoms with Crippen molar-refractivity contribution in [2.75, 3.05) is 32.5 Å². The summed E-state index contributed by atoms with van der Waals surface area (Å²) in [7, 11) is 4.08. The van der Waals surface area contributed by atoms with Crippen LogP contribution in [0.1, 0.15) is 12.8 Å². The number of anilines is 1. The Balaban J connectivity index is 2.49. The van der Waals surface area contributed by atoms with Crippen LogP contribution in [0.5, 0.6) is 0 Å². The van der Waals surface area contributed by atoms with Gasteiger partial charge in [-0.05, 0) is 68.2 Å². The molecule has 0 atom stereocenters. The highest BCUT2D eigenvalue weighted by atomic mass is 127. The van der Waals surface area contributed by atoms with Crippen LogP contribution in [-0.2, 0) is 0 Å². The third-order valence-corrected chi connectivity index (χ3v) is 3.18. The number of nitrogens with zero attached hydrogens (tertiary/aromatic N) is 2. The summed E-state index contributed by atoms with van der Waals surface area (Å²) in [4.78, 5) is 12.7. The van der Waals surface area contributed by atoms with Gasteiger partial charge < -0.3 is 10.2 Å². The van der Waals surface area contributed by atoms with Crippen molar-refractivity contribution in [2.45, 2.75) is 12.8 Å². The zero-order chi connectivity index (χ0) is 13.5. The SMILES string of the molecule is CN(C)CCCCNc1ccc(I)cc1[N+](=O)[O-]. The smallest absolute Gasteiger partial charge is 0.293 e. The van der Waals surface area contributed by atoms with Crippen molar-refractivity contribution in [1.29, 1.82) is 0 Å². The number of nitro groups is 1. The Bertz CT molecular complexity index is 410. The Hall–Kier alpha value is -0.890. The number of halogens is 1. The molecule has 1 aromatic rings. The molecule has 1 N–H and O–H groups in total. The number of nitro benzene ring substituents is 1. The van der Waals surface area contributed by atoms with Crippen molar-refractivity contribution in [1.82, 2.24) is 4.90 Å². The number of nitrogens with one attached hydrogen (secondary N) is 1. The van der Waals surface area contributed by atoms with Gasteiger partial charge in [-0.15, -0.1) is 0 Å². The van der Waals surface area contributed by atoms with E-state index in [1.165, 1.54) is 0 Å². The van der Waals surface area contributed by atoms with Gasteiger partial charge in [0.2, 0.25) is 0 Å². The standard InChI is InChI=1S/C12H18IN3O2/c1-15(2)8-4-3-7-14-11-6-5-10(13)9-12(11)16(17)18/h5-6,9,14H,3-4,7-8H2,1-2H3. The molecule has 0 aliphatic carbocycles. The quantitative estimate of drug-likeness (QED) is 0.350. The van der Waals surface area contributed by atoms with Gasteiger partial charge in [-0.1, -0.05) is 0 Å². The summed E-state index contributed by atoms with van der Waals surface area (Å²) >= 11 is 2.08. The van der Waals surface area contributed by atoms with Crippen molar-refractivity contribution < 1.29 is 4.92 Å². The first kappa shape index (κ1) is 15.2. The van der Waals surface area contributed by atoms with Gasteiger partial charge in [-0.3, -0.25) is 10.1 Å². The summed E-state index contributed by atoms with van der Waals surface area (Å²) < 4.78 is 0.873. The first-order chi connectivity index (χ1) is 8.50. The Morgan fingerprint density at radius 3 is 2.72 bits per heavy atom. The zero-order valence-corrected chi connectivity index (χ0v) is 12.8. The Morgan fingerprint density at radius 1 is 1.39 bits per heavy atom. The second kappa shape index (κ2) is 7.52. The van der Waals surface area contributed by atoms with Gasteiger partial charge in [-0.25, -0.2) is 0 Å². The molecule has 0 heterocycles. The Morgan fingerprint density at radius 2 is 2.11 bits per heavy atom. The van der Waals surface area contributed by atoms with Crippen LogP contribution in [0.15, 0.2) is 18.2 Å². The molecule has 0 radical (unpaired) electrons. The Labute approximate surface area is 121 Å². The number of hydrogen-bond donors (Lipinski definition) is 1. The second-order valence-corrected chi connectivity index (χ2v) is 5.60. The van der Waals surface area contributed by atoms with Crippen molar-refractivity contribution in [3.05, 3.63) is 31.9 Å². The molecule has 0 bridgehead atoms. The van der Waals surface area contributed by atoms with E-state index in [2.05, 4.69) is 32.8 Å². The molecule has 1 aromatic carbocycles. The molecule has 0 saturated carbocycles. The topological polar surface area (TPSA) is 58.4 Å². The van der Waals surface area contributed by atoms with Crippen molar-refractivity contribution in [2.24, 2.45) is 0 Å². The molecule has 18 heavy (non-hydrogen) atoms. The lowest BCUT2D eigenvalue weighted by Gasteiger charge is -2.10. The zero-order valence-electron chi connectivity index (χ0n) is 10.6. The normalized spacial score (nSPS) is 10.7. The lowest BCUT2D eigenvalue weighted by Crippen LogP contribution is -2.14. The van der Waals surface area contributed by atoms with E-state index >= 15 is 0 Å². The van der Waals surface area contributed by atoms with Crippen molar-refractivity contribution in [3.8, 4) is 0 Å². The van der Waals surface area contributed by atoms with E-state index in [1.807, 2.05) is 20.2 Å². The predicted octanol–water partition coefficient (Wildman–Crippen LogP) is 2.95. The first-order valence-corrected chi connectivity index (χ1v) is 6.91. The van der Waals surface area contributed by atoms with Gasteiger partial charge in [0, 0.05) is 16.2 Å². The van der Waals surface area contributed by atoms with Crippen molar-refractivity contribution in [3.63, 3.8) is 0 Å². The first-order valence-electron chi connectivity index (χ1n) is 5.83. The maximum absolute atomic E-state index is 10.9. The molecule has 0 fully saturated rings. The molecule has 1 rings (SSSR count). The number of unbranched alkanes of at least 4 members (excludes halogenated alkanes) is 1. The summed E-state index contributed by atoms with van der Waals surface area (Å²) in [6.45, 7) is 1.80. The molecule has 100 valence electrons. The lowest BCUT2D eigenvalue weighted by atomic mass is 10.2. The van der Waals surface area contributed by atoms with Crippen LogP contribution < -0.4 is 5.32 Å². The molecular weight excluding hydrogens is 345 g/mol. The molecule has 0 spiro atoms. The average molecular weight is 363 g/mol. The third kappa shape index (κ3) is 5.18. The highest BCUT2D eigenvalue weighted by Gasteiger charge is 2.13. The summed E-state index contributed by atoms with van der Waals surface area (Å²) in [5.74, 6) is 0. The summed E-state index contributed by atoms with van der Waals surface area (Å²) in [6.07, 6.45) is 2.08. The summed E-state index contributed by atoms with van der Waals surface area (Å²) in [6, 6.07) is 5.23. The highest BCUT2D eigenvalue weighted by molar-refractivity contribution is 14.1. The second-order valence-electron chi connectivity index (χ2n) is 4.36. The van der Waals surface area contributed by atoms with Crippen LogP contribution >= 0.6 is 22.6 Å². The summed E-state index contributed by atoms with van der Waals surface area (Å²) in [5.41, 5.74) is 0.750. The molecule has 6 heteroatoms. The molecule has 0 unspecified atom stereocenters. The molecule has 0 amide bonds. The minimum atomic E-state index is -0.343.